The van der Waals surface area contributed by atoms with Crippen molar-refractivity contribution in [3.8, 4) is 0 Å². The number of amides is 1. The normalized spacial score (nSPS) is 12.5. The van der Waals surface area contributed by atoms with Crippen LogP contribution in [0.3, 0.4) is 0 Å². The van der Waals surface area contributed by atoms with Gasteiger partial charge in [-0.15, -0.1) is 0 Å². The third-order valence-corrected chi connectivity index (χ3v) is 3.15. The van der Waals surface area contributed by atoms with E-state index in [4.69, 9.17) is 10.2 Å². The minimum Gasteiger partial charge on any atom is -0.481 e. The van der Waals surface area contributed by atoms with Crippen LogP contribution in [0.25, 0.3) is 0 Å². The van der Waals surface area contributed by atoms with E-state index in [9.17, 15) is 9.59 Å². The minimum atomic E-state index is -0.902. The molecule has 5 heteroatoms. The molecule has 1 amide bonds. The number of rotatable bonds is 9. The molecule has 2 N–H and O–H groups in total. The number of hydrogen-bond donors (Lipinski definition) is 2. The molecule has 0 saturated heterocycles. The van der Waals surface area contributed by atoms with E-state index >= 15 is 0 Å². The number of aliphatic hydroxyl groups excluding tert-OH is 1. The Kier molecular flexibility index (Phi) is 8.37. The lowest BCUT2D eigenvalue weighted by molar-refractivity contribution is -0.144. The van der Waals surface area contributed by atoms with Crippen molar-refractivity contribution in [2.75, 3.05) is 19.7 Å². The molecule has 0 aliphatic rings. The van der Waals surface area contributed by atoms with Crippen molar-refractivity contribution in [3.05, 3.63) is 0 Å². The number of aliphatic hydroxyl groups is 1. The molecule has 106 valence electrons. The molecule has 0 spiro atoms. The zero-order valence-electron chi connectivity index (χ0n) is 11.6. The Hall–Kier alpha value is -1.10. The number of carboxylic acids is 1. The number of nitrogens with zero attached hydrogens (tertiary/aromatic N) is 1. The Bertz CT molecular complexity index is 264. The maximum absolute atomic E-state index is 12.2. The van der Waals surface area contributed by atoms with E-state index < -0.39 is 11.9 Å². The largest absolute Gasteiger partial charge is 0.481 e. The highest BCUT2D eigenvalue weighted by atomic mass is 16.4. The summed E-state index contributed by atoms with van der Waals surface area (Å²) >= 11 is 0. The summed E-state index contributed by atoms with van der Waals surface area (Å²) in [5, 5.41) is 17.7. The first-order chi connectivity index (χ1) is 8.47. The summed E-state index contributed by atoms with van der Waals surface area (Å²) < 4.78 is 0. The Morgan fingerprint density at radius 3 is 2.17 bits per heavy atom. The van der Waals surface area contributed by atoms with E-state index in [0.717, 1.165) is 12.8 Å². The van der Waals surface area contributed by atoms with E-state index in [1.165, 1.54) is 0 Å². The van der Waals surface area contributed by atoms with Crippen LogP contribution in [0.4, 0.5) is 0 Å². The van der Waals surface area contributed by atoms with Gasteiger partial charge >= 0.3 is 5.97 Å². The third kappa shape index (κ3) is 5.49. The van der Waals surface area contributed by atoms with E-state index in [0.29, 0.717) is 13.0 Å². The predicted octanol–water partition coefficient (Wildman–Crippen LogP) is 1.35. The molecular weight excluding hydrogens is 234 g/mol. The van der Waals surface area contributed by atoms with Crippen LogP contribution in [0, 0.1) is 11.8 Å². The second-order valence-corrected chi connectivity index (χ2v) is 4.61. The lowest BCUT2D eigenvalue weighted by Gasteiger charge is -2.27. The topological polar surface area (TPSA) is 77.8 Å². The van der Waals surface area contributed by atoms with Crippen molar-refractivity contribution in [1.29, 1.82) is 0 Å². The molecule has 5 nitrogen and oxygen atoms in total. The summed E-state index contributed by atoms with van der Waals surface area (Å²) in [6, 6.07) is 0. The Balaban J connectivity index is 4.64. The molecule has 0 aromatic carbocycles. The maximum Gasteiger partial charge on any atom is 0.308 e. The van der Waals surface area contributed by atoms with Gasteiger partial charge in [-0.05, 0) is 19.3 Å². The van der Waals surface area contributed by atoms with Crippen LogP contribution in [0.5, 0.6) is 0 Å². The molecule has 0 saturated carbocycles. The molecule has 1 unspecified atom stereocenters. The van der Waals surface area contributed by atoms with Gasteiger partial charge in [0.25, 0.3) is 0 Å². The van der Waals surface area contributed by atoms with Gasteiger partial charge in [-0.3, -0.25) is 9.59 Å². The van der Waals surface area contributed by atoms with Crippen LogP contribution < -0.4 is 0 Å². The summed E-state index contributed by atoms with van der Waals surface area (Å²) in [7, 11) is 0. The standard InChI is InChI=1S/C13H25NO4/c1-4-11(5-2)12(16)14(7-6-8-15)9-10(3)13(17)18/h10-11,15H,4-9H2,1-3H3,(H,17,18). The monoisotopic (exact) mass is 259 g/mol. The molecule has 1 atom stereocenters. The van der Waals surface area contributed by atoms with Gasteiger partial charge in [0.2, 0.25) is 5.91 Å². The first kappa shape index (κ1) is 16.9. The molecule has 0 aromatic rings. The highest BCUT2D eigenvalue weighted by Gasteiger charge is 2.24. The SMILES string of the molecule is CCC(CC)C(=O)N(CCCO)CC(C)C(=O)O. The summed E-state index contributed by atoms with van der Waals surface area (Å²) in [5.41, 5.74) is 0. The van der Waals surface area contributed by atoms with Gasteiger partial charge in [-0.2, -0.15) is 0 Å². The Morgan fingerprint density at radius 1 is 1.22 bits per heavy atom. The quantitative estimate of drug-likeness (QED) is 0.655. The van der Waals surface area contributed by atoms with Gasteiger partial charge in [0.15, 0.2) is 0 Å². The molecule has 0 aliphatic heterocycles. The van der Waals surface area contributed by atoms with Crippen LogP contribution in [-0.2, 0) is 9.59 Å². The molecule has 18 heavy (non-hydrogen) atoms. The lowest BCUT2D eigenvalue weighted by atomic mass is 10.0. The van der Waals surface area contributed by atoms with Gasteiger partial charge in [-0.25, -0.2) is 0 Å². The summed E-state index contributed by atoms with van der Waals surface area (Å²) in [4.78, 5) is 24.6. The Morgan fingerprint density at radius 2 is 1.78 bits per heavy atom. The van der Waals surface area contributed by atoms with Gasteiger partial charge < -0.3 is 15.1 Å². The maximum atomic E-state index is 12.2. The number of carbonyl (C=O) groups excluding carboxylic acids is 1. The number of aliphatic carboxylic acids is 1. The van der Waals surface area contributed by atoms with E-state index in [2.05, 4.69) is 0 Å². The van der Waals surface area contributed by atoms with Gasteiger partial charge in [0, 0.05) is 25.6 Å². The van der Waals surface area contributed by atoms with E-state index in [1.807, 2.05) is 13.8 Å². The first-order valence-corrected chi connectivity index (χ1v) is 6.60. The number of carbonyl (C=O) groups is 2. The van der Waals surface area contributed by atoms with Gasteiger partial charge in [-0.1, -0.05) is 20.8 Å². The van der Waals surface area contributed by atoms with Crippen molar-refractivity contribution < 1.29 is 19.8 Å². The second kappa shape index (κ2) is 8.91. The van der Waals surface area contributed by atoms with Crippen molar-refractivity contribution in [2.24, 2.45) is 11.8 Å². The van der Waals surface area contributed by atoms with Crippen LogP contribution >= 0.6 is 0 Å². The van der Waals surface area contributed by atoms with Crippen molar-refractivity contribution in [1.82, 2.24) is 4.90 Å². The summed E-state index contributed by atoms with van der Waals surface area (Å²) in [6.45, 7) is 6.14. The molecule has 0 rings (SSSR count). The lowest BCUT2D eigenvalue weighted by Crippen LogP contribution is -2.41. The van der Waals surface area contributed by atoms with Crippen LogP contribution in [-0.4, -0.2) is 46.7 Å². The molecule has 0 aliphatic carbocycles. The molecule has 0 heterocycles. The number of hydrogen-bond acceptors (Lipinski definition) is 3. The smallest absolute Gasteiger partial charge is 0.308 e. The first-order valence-electron chi connectivity index (χ1n) is 6.60. The summed E-state index contributed by atoms with van der Waals surface area (Å²) in [5.74, 6) is -1.53. The Labute approximate surface area is 109 Å². The fourth-order valence-corrected chi connectivity index (χ4v) is 1.86. The zero-order valence-corrected chi connectivity index (χ0v) is 11.6. The van der Waals surface area contributed by atoms with E-state index in [-0.39, 0.29) is 25.0 Å². The van der Waals surface area contributed by atoms with Crippen LogP contribution in [0.1, 0.15) is 40.0 Å². The van der Waals surface area contributed by atoms with Crippen molar-refractivity contribution in [2.45, 2.75) is 40.0 Å². The average molecular weight is 259 g/mol. The van der Waals surface area contributed by atoms with Gasteiger partial charge in [0.05, 0.1) is 5.92 Å². The highest BCUT2D eigenvalue weighted by Crippen LogP contribution is 2.14. The van der Waals surface area contributed by atoms with Crippen molar-refractivity contribution >= 4 is 11.9 Å². The zero-order chi connectivity index (χ0) is 14.1. The fourth-order valence-electron chi connectivity index (χ4n) is 1.86. The average Bonchev–Trinajstić information content (AvgIpc) is 2.35. The highest BCUT2D eigenvalue weighted by molar-refractivity contribution is 5.79. The molecule has 0 fully saturated rings. The molecule has 0 bridgehead atoms. The summed E-state index contributed by atoms with van der Waals surface area (Å²) in [6.07, 6.45) is 2.00. The number of carboxylic acid groups (broad SMARTS) is 1. The molecule has 0 radical (unpaired) electrons. The fraction of sp³-hybridized carbons (Fsp3) is 0.846. The van der Waals surface area contributed by atoms with E-state index in [1.54, 1.807) is 11.8 Å². The second-order valence-electron chi connectivity index (χ2n) is 4.61. The van der Waals surface area contributed by atoms with Gasteiger partial charge in [0.1, 0.15) is 0 Å². The molecule has 0 aromatic heterocycles. The third-order valence-electron chi connectivity index (χ3n) is 3.15. The predicted molar refractivity (Wildman–Crippen MR) is 69.2 cm³/mol. The van der Waals surface area contributed by atoms with Crippen molar-refractivity contribution in [3.63, 3.8) is 0 Å². The molecular formula is C13H25NO4. The van der Waals surface area contributed by atoms with Crippen LogP contribution in [0.2, 0.25) is 0 Å². The minimum absolute atomic E-state index is 0.00144. The van der Waals surface area contributed by atoms with Crippen LogP contribution in [0.15, 0.2) is 0 Å².